The van der Waals surface area contributed by atoms with E-state index in [1.54, 1.807) is 36.4 Å². The Kier molecular flexibility index (Phi) is 7.96. The lowest BCUT2D eigenvalue weighted by Crippen LogP contribution is -2.42. The monoisotopic (exact) mass is 573 g/mol. The number of alkyl halides is 8. The minimum absolute atomic E-state index is 0.113. The number of hydrogen-bond donors (Lipinski definition) is 1. The summed E-state index contributed by atoms with van der Waals surface area (Å²) in [5, 5.41) is 10.2. The van der Waals surface area contributed by atoms with E-state index in [-0.39, 0.29) is 11.4 Å². The van der Waals surface area contributed by atoms with Crippen molar-refractivity contribution in [1.82, 2.24) is 0 Å². The van der Waals surface area contributed by atoms with E-state index < -0.39 is 42.2 Å². The summed E-state index contributed by atoms with van der Waals surface area (Å²) >= 11 is 0. The summed E-state index contributed by atoms with van der Waals surface area (Å²) in [4.78, 5) is 5.29. The normalized spacial score (nSPS) is 13.1. The molecule has 0 saturated carbocycles. The lowest BCUT2D eigenvalue weighted by atomic mass is 10.1. The minimum Gasteiger partial charge on any atom is -0.464 e. The van der Waals surface area contributed by atoms with Crippen molar-refractivity contribution in [2.24, 2.45) is 0 Å². The number of aliphatic hydroxyl groups excluding tert-OH is 1. The van der Waals surface area contributed by atoms with Crippen LogP contribution in [-0.2, 0) is 5.92 Å². The average Bonchev–Trinajstić information content (AvgIpc) is 3.43. The Hall–Kier alpha value is -4.26. The fourth-order valence-electron chi connectivity index (χ4n) is 3.49. The number of hydroxylamine groups is 1. The van der Waals surface area contributed by atoms with Crippen LogP contribution in [0.2, 0.25) is 0 Å². The van der Waals surface area contributed by atoms with E-state index in [0.29, 0.717) is 34.3 Å². The van der Waals surface area contributed by atoms with Gasteiger partial charge in [-0.25, -0.2) is 5.06 Å². The molecular weight excluding hydrogens is 554 g/mol. The zero-order valence-electron chi connectivity index (χ0n) is 20.1. The van der Waals surface area contributed by atoms with Gasteiger partial charge in [-0.15, -0.1) is 0 Å². The molecular formula is C27H19F8NO4. The highest BCUT2D eigenvalue weighted by molar-refractivity contribution is 5.60. The first kappa shape index (κ1) is 28.7. The molecule has 0 aliphatic heterocycles. The smallest absolute Gasteiger partial charge is 0.458 e. The van der Waals surface area contributed by atoms with Crippen molar-refractivity contribution in [2.75, 3.05) is 11.6 Å². The number of furan rings is 1. The molecule has 212 valence electrons. The maximum absolute atomic E-state index is 13.8. The molecule has 3 aromatic carbocycles. The van der Waals surface area contributed by atoms with Gasteiger partial charge in [0.05, 0.1) is 18.5 Å². The molecule has 0 saturated heterocycles. The maximum Gasteiger partial charge on any atom is 0.458 e. The number of halogens is 8. The van der Waals surface area contributed by atoms with Crippen LogP contribution < -0.4 is 14.6 Å². The second kappa shape index (κ2) is 11.1. The fourth-order valence-corrected chi connectivity index (χ4v) is 3.49. The number of aliphatic hydroxyl groups is 1. The predicted octanol–water partition coefficient (Wildman–Crippen LogP) is 8.12. The Balaban J connectivity index is 1.63. The summed E-state index contributed by atoms with van der Waals surface area (Å²) in [5.41, 5.74) is -0.939. The first-order chi connectivity index (χ1) is 18.7. The third kappa shape index (κ3) is 6.65. The molecule has 0 aliphatic rings. The Bertz CT molecular complexity index is 1420. The van der Waals surface area contributed by atoms with Crippen LogP contribution in [0.25, 0.3) is 11.3 Å². The summed E-state index contributed by atoms with van der Waals surface area (Å²) in [6.07, 6.45) is -12.5. The molecule has 0 amide bonds. The number of rotatable bonds is 9. The molecule has 1 atom stereocenters. The van der Waals surface area contributed by atoms with Crippen LogP contribution in [0, 0.1) is 0 Å². The number of nitrogens with zero attached hydrogens (tertiary/aromatic N) is 1. The van der Waals surface area contributed by atoms with Crippen molar-refractivity contribution in [1.29, 1.82) is 0 Å². The van der Waals surface area contributed by atoms with Crippen molar-refractivity contribution in [3.63, 3.8) is 0 Å². The van der Waals surface area contributed by atoms with Gasteiger partial charge in [-0.2, -0.15) is 35.1 Å². The number of benzene rings is 3. The molecule has 4 aromatic rings. The third-order valence-corrected chi connectivity index (χ3v) is 5.47. The zero-order chi connectivity index (χ0) is 29.1. The van der Waals surface area contributed by atoms with Crippen molar-refractivity contribution in [3.05, 3.63) is 96.8 Å². The van der Waals surface area contributed by atoms with Crippen LogP contribution in [0.3, 0.4) is 0 Å². The molecule has 4 rings (SSSR count). The summed E-state index contributed by atoms with van der Waals surface area (Å²) in [7, 11) is 0. The zero-order valence-corrected chi connectivity index (χ0v) is 20.1. The van der Waals surface area contributed by atoms with Crippen molar-refractivity contribution in [2.45, 2.75) is 24.4 Å². The first-order valence-electron chi connectivity index (χ1n) is 11.4. The number of anilines is 1. The Morgan fingerprint density at radius 3 is 2.05 bits per heavy atom. The lowest BCUT2D eigenvalue weighted by Gasteiger charge is -2.28. The summed E-state index contributed by atoms with van der Waals surface area (Å²) in [6.45, 7) is -1.25. The molecule has 0 bridgehead atoms. The van der Waals surface area contributed by atoms with Gasteiger partial charge in [0.2, 0.25) is 0 Å². The molecule has 1 heterocycles. The van der Waals surface area contributed by atoms with Crippen molar-refractivity contribution in [3.8, 4) is 28.6 Å². The predicted molar refractivity (Wildman–Crippen MR) is 127 cm³/mol. The van der Waals surface area contributed by atoms with Gasteiger partial charge in [0.1, 0.15) is 17.3 Å². The van der Waals surface area contributed by atoms with Gasteiger partial charge in [0.25, 0.3) is 0 Å². The Morgan fingerprint density at radius 1 is 0.750 bits per heavy atom. The van der Waals surface area contributed by atoms with Gasteiger partial charge < -0.3 is 19.1 Å². The highest BCUT2D eigenvalue weighted by atomic mass is 19.4. The Labute approximate surface area is 221 Å². The molecule has 0 aliphatic carbocycles. The maximum atomic E-state index is 13.8. The van der Waals surface area contributed by atoms with E-state index in [0.717, 1.165) is 12.1 Å². The van der Waals surface area contributed by atoms with Gasteiger partial charge in [0, 0.05) is 17.2 Å². The van der Waals surface area contributed by atoms with E-state index >= 15 is 0 Å². The van der Waals surface area contributed by atoms with E-state index in [2.05, 4.69) is 0 Å². The summed E-state index contributed by atoms with van der Waals surface area (Å²) in [6, 6.07) is 18.1. The molecule has 1 N–H and O–H groups in total. The molecule has 0 fully saturated rings. The van der Waals surface area contributed by atoms with Crippen LogP contribution in [0.4, 0.5) is 40.8 Å². The van der Waals surface area contributed by atoms with Crippen LogP contribution in [0.1, 0.15) is 5.56 Å². The average molecular weight is 573 g/mol. The number of ether oxygens (including phenoxy) is 1. The minimum atomic E-state index is -5.92. The SMILES string of the molecule is O[C@@H](CN(Oc1cccc(C(F)(F)C(F)(F)F)c1)c1cccc(Oc2cccc(-c3ccco3)c2)c1)C(F)(F)F. The van der Waals surface area contributed by atoms with E-state index in [1.807, 2.05) is 0 Å². The van der Waals surface area contributed by atoms with Gasteiger partial charge in [0.15, 0.2) is 11.9 Å². The fraction of sp³-hybridized carbons (Fsp3) is 0.185. The molecule has 0 spiro atoms. The highest BCUT2D eigenvalue weighted by Crippen LogP contribution is 2.44. The van der Waals surface area contributed by atoms with Gasteiger partial charge in [-0.05, 0) is 48.5 Å². The van der Waals surface area contributed by atoms with Crippen LogP contribution in [-0.4, -0.2) is 30.1 Å². The first-order valence-corrected chi connectivity index (χ1v) is 11.4. The lowest BCUT2D eigenvalue weighted by molar-refractivity contribution is -0.289. The van der Waals surface area contributed by atoms with Gasteiger partial charge in [-0.1, -0.05) is 30.3 Å². The van der Waals surface area contributed by atoms with E-state index in [4.69, 9.17) is 14.0 Å². The molecule has 1 aromatic heterocycles. The van der Waals surface area contributed by atoms with Crippen LogP contribution >= 0.6 is 0 Å². The van der Waals surface area contributed by atoms with Gasteiger partial charge in [-0.3, -0.25) is 0 Å². The van der Waals surface area contributed by atoms with Gasteiger partial charge >= 0.3 is 18.3 Å². The van der Waals surface area contributed by atoms with E-state index in [1.165, 1.54) is 30.5 Å². The standard InChI is InChI=1S/C27H19F8NO4/c28-25(29,27(33,34)35)18-6-2-10-22(14-18)40-36(16-24(37)26(30,31)32)19-7-3-9-21(15-19)39-20-8-1-5-17(13-20)23-11-4-12-38-23/h1-15,24,37H,16H2/t24-/m0/s1. The molecule has 40 heavy (non-hydrogen) atoms. The quantitative estimate of drug-likeness (QED) is 0.162. The van der Waals surface area contributed by atoms with Crippen LogP contribution in [0.15, 0.2) is 95.6 Å². The highest BCUT2D eigenvalue weighted by Gasteiger charge is 2.58. The molecule has 5 nitrogen and oxygen atoms in total. The number of hydrogen-bond acceptors (Lipinski definition) is 5. The van der Waals surface area contributed by atoms with Crippen molar-refractivity contribution >= 4 is 5.69 Å². The van der Waals surface area contributed by atoms with Crippen molar-refractivity contribution < 1.29 is 54.2 Å². The topological polar surface area (TPSA) is 55.1 Å². The summed E-state index contributed by atoms with van der Waals surface area (Å²) < 4.78 is 117. The van der Waals surface area contributed by atoms with Crippen LogP contribution in [0.5, 0.6) is 17.2 Å². The second-order valence-corrected chi connectivity index (χ2v) is 8.41. The van der Waals surface area contributed by atoms with E-state index in [9.17, 15) is 40.2 Å². The second-order valence-electron chi connectivity index (χ2n) is 8.41. The molecule has 0 unspecified atom stereocenters. The molecule has 13 heteroatoms. The molecule has 0 radical (unpaired) electrons. The third-order valence-electron chi connectivity index (χ3n) is 5.47. The summed E-state index contributed by atoms with van der Waals surface area (Å²) in [5.74, 6) is -4.88. The largest absolute Gasteiger partial charge is 0.464 e. The Morgan fingerprint density at radius 2 is 1.40 bits per heavy atom.